The van der Waals surface area contributed by atoms with E-state index in [2.05, 4.69) is 34.4 Å². The van der Waals surface area contributed by atoms with Crippen molar-refractivity contribution in [3.8, 4) is 0 Å². The number of hydrogen-bond acceptors (Lipinski definition) is 4. The second-order valence-corrected chi connectivity index (χ2v) is 4.10. The fourth-order valence-corrected chi connectivity index (χ4v) is 1.19. The monoisotopic (exact) mass is 228 g/mol. The van der Waals surface area contributed by atoms with E-state index in [-0.39, 0.29) is 0 Å². The summed E-state index contributed by atoms with van der Waals surface area (Å²) in [5, 5.41) is 6.78. The van der Waals surface area contributed by atoms with Gasteiger partial charge in [0.15, 0.2) is 0 Å². The lowest BCUT2D eigenvalue weighted by molar-refractivity contribution is 0.687. The Morgan fingerprint density at radius 1 is 1.40 bits per heavy atom. The van der Waals surface area contributed by atoms with Gasteiger partial charge in [0.2, 0.25) is 5.95 Å². The first-order chi connectivity index (χ1) is 7.13. The Morgan fingerprint density at radius 3 is 2.73 bits per heavy atom. The van der Waals surface area contributed by atoms with Crippen LogP contribution >= 0.6 is 11.6 Å². The van der Waals surface area contributed by atoms with E-state index >= 15 is 0 Å². The van der Waals surface area contributed by atoms with Crippen LogP contribution in [0.4, 0.5) is 11.8 Å². The van der Waals surface area contributed by atoms with Crippen LogP contribution < -0.4 is 10.6 Å². The van der Waals surface area contributed by atoms with Crippen molar-refractivity contribution < 1.29 is 0 Å². The van der Waals surface area contributed by atoms with E-state index in [9.17, 15) is 0 Å². The van der Waals surface area contributed by atoms with Gasteiger partial charge in [0.1, 0.15) is 10.8 Å². The van der Waals surface area contributed by atoms with Crippen molar-refractivity contribution in [1.82, 2.24) is 9.97 Å². The number of anilines is 2. The van der Waals surface area contributed by atoms with Crippen LogP contribution in [0.15, 0.2) is 6.20 Å². The van der Waals surface area contributed by atoms with Crippen LogP contribution in [0.1, 0.15) is 20.8 Å². The standard InChI is InChI=1S/C10H17ClN4/c1-4-12-10-14-6-8(11)9(15-10)13-5-7(2)3/h6-7H,4-5H2,1-3H3,(H2,12,13,14,15). The van der Waals surface area contributed by atoms with Crippen molar-refractivity contribution in [3.05, 3.63) is 11.2 Å². The summed E-state index contributed by atoms with van der Waals surface area (Å²) in [6.45, 7) is 7.91. The van der Waals surface area contributed by atoms with Crippen LogP contribution in [0.5, 0.6) is 0 Å². The third kappa shape index (κ3) is 3.91. The molecule has 1 heterocycles. The molecule has 0 unspecified atom stereocenters. The molecule has 0 aromatic carbocycles. The molecular weight excluding hydrogens is 212 g/mol. The maximum absolute atomic E-state index is 5.96. The van der Waals surface area contributed by atoms with Crippen molar-refractivity contribution in [1.29, 1.82) is 0 Å². The first-order valence-corrected chi connectivity index (χ1v) is 5.51. The van der Waals surface area contributed by atoms with Crippen LogP contribution in [-0.4, -0.2) is 23.1 Å². The Bertz CT molecular complexity index is 314. The Hall–Kier alpha value is -1.03. The molecule has 0 spiro atoms. The van der Waals surface area contributed by atoms with E-state index in [0.29, 0.717) is 22.7 Å². The van der Waals surface area contributed by atoms with Crippen LogP contribution in [0.3, 0.4) is 0 Å². The predicted molar refractivity (Wildman–Crippen MR) is 64.5 cm³/mol. The van der Waals surface area contributed by atoms with Crippen LogP contribution in [-0.2, 0) is 0 Å². The van der Waals surface area contributed by atoms with Gasteiger partial charge in [0.25, 0.3) is 0 Å². The molecule has 0 aliphatic heterocycles. The summed E-state index contributed by atoms with van der Waals surface area (Å²) in [4.78, 5) is 8.33. The molecule has 0 fully saturated rings. The van der Waals surface area contributed by atoms with Crippen molar-refractivity contribution >= 4 is 23.4 Å². The van der Waals surface area contributed by atoms with Gasteiger partial charge in [-0.3, -0.25) is 0 Å². The van der Waals surface area contributed by atoms with E-state index in [4.69, 9.17) is 11.6 Å². The highest BCUT2D eigenvalue weighted by Gasteiger charge is 2.04. The fraction of sp³-hybridized carbons (Fsp3) is 0.600. The van der Waals surface area contributed by atoms with Gasteiger partial charge in [-0.15, -0.1) is 0 Å². The van der Waals surface area contributed by atoms with Crippen molar-refractivity contribution in [2.45, 2.75) is 20.8 Å². The number of nitrogens with zero attached hydrogens (tertiary/aromatic N) is 2. The number of nitrogens with one attached hydrogen (secondary N) is 2. The highest BCUT2D eigenvalue weighted by molar-refractivity contribution is 6.32. The molecule has 0 atom stereocenters. The summed E-state index contributed by atoms with van der Waals surface area (Å²) in [7, 11) is 0. The van der Waals surface area contributed by atoms with Crippen LogP contribution in [0.2, 0.25) is 5.02 Å². The molecular formula is C10H17ClN4. The zero-order valence-electron chi connectivity index (χ0n) is 9.34. The van der Waals surface area contributed by atoms with Gasteiger partial charge in [0, 0.05) is 13.1 Å². The number of rotatable bonds is 5. The lowest BCUT2D eigenvalue weighted by atomic mass is 10.2. The maximum Gasteiger partial charge on any atom is 0.224 e. The topological polar surface area (TPSA) is 49.8 Å². The molecule has 0 saturated carbocycles. The van der Waals surface area contributed by atoms with Gasteiger partial charge in [-0.2, -0.15) is 4.98 Å². The molecule has 1 rings (SSSR count). The second-order valence-electron chi connectivity index (χ2n) is 3.70. The molecule has 1 aromatic heterocycles. The third-order valence-electron chi connectivity index (χ3n) is 1.76. The minimum absolute atomic E-state index is 0.553. The average molecular weight is 229 g/mol. The van der Waals surface area contributed by atoms with Gasteiger partial charge >= 0.3 is 0 Å². The number of hydrogen-bond donors (Lipinski definition) is 2. The zero-order valence-corrected chi connectivity index (χ0v) is 10.1. The SMILES string of the molecule is CCNc1ncc(Cl)c(NCC(C)C)n1. The predicted octanol–water partition coefficient (Wildman–Crippen LogP) is 2.63. The highest BCUT2D eigenvalue weighted by atomic mass is 35.5. The minimum Gasteiger partial charge on any atom is -0.368 e. The largest absolute Gasteiger partial charge is 0.368 e. The second kappa shape index (κ2) is 5.75. The summed E-state index contributed by atoms with van der Waals surface area (Å²) in [5.41, 5.74) is 0. The van der Waals surface area contributed by atoms with Crippen molar-refractivity contribution in [2.75, 3.05) is 23.7 Å². The molecule has 0 amide bonds. The summed E-state index contributed by atoms with van der Waals surface area (Å²) >= 11 is 5.96. The lowest BCUT2D eigenvalue weighted by Gasteiger charge is -2.10. The maximum atomic E-state index is 5.96. The molecule has 15 heavy (non-hydrogen) atoms. The number of halogens is 1. The molecule has 4 nitrogen and oxygen atoms in total. The van der Waals surface area contributed by atoms with E-state index in [1.807, 2.05) is 6.92 Å². The van der Waals surface area contributed by atoms with E-state index < -0.39 is 0 Å². The smallest absolute Gasteiger partial charge is 0.224 e. The number of aromatic nitrogens is 2. The summed E-state index contributed by atoms with van der Waals surface area (Å²) in [6.07, 6.45) is 1.61. The zero-order chi connectivity index (χ0) is 11.3. The van der Waals surface area contributed by atoms with Crippen LogP contribution in [0, 0.1) is 5.92 Å². The van der Waals surface area contributed by atoms with Gasteiger partial charge < -0.3 is 10.6 Å². The van der Waals surface area contributed by atoms with Gasteiger partial charge in [0.05, 0.1) is 6.20 Å². The first kappa shape index (κ1) is 12.0. The fourth-order valence-electron chi connectivity index (χ4n) is 1.04. The molecule has 2 N–H and O–H groups in total. The Labute approximate surface area is 95.5 Å². The molecule has 0 radical (unpaired) electrons. The molecule has 84 valence electrons. The molecule has 0 aliphatic rings. The van der Waals surface area contributed by atoms with E-state index in [0.717, 1.165) is 13.1 Å². The molecule has 5 heteroatoms. The summed E-state index contributed by atoms with van der Waals surface area (Å²) in [6, 6.07) is 0. The normalized spacial score (nSPS) is 10.5. The van der Waals surface area contributed by atoms with Gasteiger partial charge in [-0.25, -0.2) is 4.98 Å². The van der Waals surface area contributed by atoms with E-state index in [1.54, 1.807) is 6.20 Å². The summed E-state index contributed by atoms with van der Waals surface area (Å²) < 4.78 is 0. The molecule has 0 aliphatic carbocycles. The van der Waals surface area contributed by atoms with Crippen LogP contribution in [0.25, 0.3) is 0 Å². The third-order valence-corrected chi connectivity index (χ3v) is 2.03. The van der Waals surface area contributed by atoms with Gasteiger partial charge in [-0.05, 0) is 12.8 Å². The molecule has 1 aromatic rings. The minimum atomic E-state index is 0.553. The molecule has 0 bridgehead atoms. The summed E-state index contributed by atoms with van der Waals surface area (Å²) in [5.74, 6) is 1.85. The highest BCUT2D eigenvalue weighted by Crippen LogP contribution is 2.19. The lowest BCUT2D eigenvalue weighted by Crippen LogP contribution is -2.11. The van der Waals surface area contributed by atoms with Gasteiger partial charge in [-0.1, -0.05) is 25.4 Å². The average Bonchev–Trinajstić information content (AvgIpc) is 2.19. The quantitative estimate of drug-likeness (QED) is 0.814. The molecule has 0 saturated heterocycles. The Balaban J connectivity index is 2.71. The van der Waals surface area contributed by atoms with Crippen molar-refractivity contribution in [2.24, 2.45) is 5.92 Å². The Morgan fingerprint density at radius 2 is 2.13 bits per heavy atom. The first-order valence-electron chi connectivity index (χ1n) is 5.13. The Kier molecular flexibility index (Phi) is 4.62. The van der Waals surface area contributed by atoms with E-state index in [1.165, 1.54) is 0 Å². The van der Waals surface area contributed by atoms with Crippen molar-refractivity contribution in [3.63, 3.8) is 0 Å².